The number of esters is 1. The van der Waals surface area contributed by atoms with Crippen molar-refractivity contribution in [2.45, 2.75) is 82.0 Å². The average Bonchev–Trinajstić information content (AvgIpc) is 3.58. The van der Waals surface area contributed by atoms with Crippen molar-refractivity contribution in [2.24, 2.45) is 5.92 Å². The summed E-state index contributed by atoms with van der Waals surface area (Å²) < 4.78 is 13.1. The first-order chi connectivity index (χ1) is 25.4. The summed E-state index contributed by atoms with van der Waals surface area (Å²) >= 11 is 0. The molecule has 3 aliphatic heterocycles. The van der Waals surface area contributed by atoms with Gasteiger partial charge in [0.15, 0.2) is 13.9 Å². The van der Waals surface area contributed by atoms with E-state index in [1.165, 1.54) is 11.8 Å². The number of ether oxygens (including phenoxy) is 2. The van der Waals surface area contributed by atoms with Gasteiger partial charge >= 0.3 is 5.97 Å². The Morgan fingerprint density at radius 2 is 1.77 bits per heavy atom. The number of methoxy groups -OCH3 is 1. The van der Waals surface area contributed by atoms with Crippen LogP contribution in [0.3, 0.4) is 0 Å². The average molecular weight is 739 g/mol. The monoisotopic (exact) mass is 738 g/mol. The van der Waals surface area contributed by atoms with Crippen molar-refractivity contribution in [3.05, 3.63) is 100.0 Å². The van der Waals surface area contributed by atoms with E-state index < -0.39 is 37.5 Å². The lowest BCUT2D eigenvalue weighted by atomic mass is 9.82. The van der Waals surface area contributed by atoms with E-state index in [9.17, 15) is 29.1 Å². The Morgan fingerprint density at radius 1 is 1.04 bits per heavy atom. The summed E-state index contributed by atoms with van der Waals surface area (Å²) in [5.74, 6) is -1.41. The Labute approximate surface area is 309 Å². The van der Waals surface area contributed by atoms with Crippen molar-refractivity contribution in [2.75, 3.05) is 25.2 Å². The molecule has 0 saturated carbocycles. The van der Waals surface area contributed by atoms with Crippen LogP contribution in [0.15, 0.2) is 77.7 Å². The Hall–Kier alpha value is -4.69. The van der Waals surface area contributed by atoms with E-state index in [0.29, 0.717) is 60.1 Å². The van der Waals surface area contributed by atoms with E-state index in [2.05, 4.69) is 5.10 Å². The van der Waals surface area contributed by atoms with Crippen LogP contribution in [0, 0.1) is 5.92 Å². The second kappa shape index (κ2) is 14.3. The number of nitrogens with zero attached hydrogens (tertiary/aromatic N) is 4. The predicted octanol–water partition coefficient (Wildman–Crippen LogP) is 4.21. The summed E-state index contributed by atoms with van der Waals surface area (Å²) in [7, 11) is -1.77. The summed E-state index contributed by atoms with van der Waals surface area (Å²) in [5, 5.41) is 16.0. The molecule has 7 rings (SSSR count). The maximum Gasteiger partial charge on any atom is 0.305 e. The first kappa shape index (κ1) is 36.7. The SMILES string of the molecule is COC(=O)CCCCN1C(=O)[C@]2(O[C@H](CC(=O)N3Cc4ccccc4C[C@H]3CO)[C@@H]([Si](C)(C)O)[C@@H]2C)c2cc(-n3ncc4ccccc4c3=O)ccc21. The van der Waals surface area contributed by atoms with Gasteiger partial charge in [0.05, 0.1) is 55.2 Å². The first-order valence-electron chi connectivity index (χ1n) is 18.3. The lowest BCUT2D eigenvalue weighted by Gasteiger charge is -2.37. The summed E-state index contributed by atoms with van der Waals surface area (Å²) in [5.41, 5.74) is 1.31. The molecule has 0 unspecified atom stereocenters. The molecule has 2 N–H and O–H groups in total. The summed E-state index contributed by atoms with van der Waals surface area (Å²) in [6.45, 7) is 5.97. The van der Waals surface area contributed by atoms with Gasteiger partial charge in [-0.1, -0.05) is 49.4 Å². The zero-order valence-electron chi connectivity index (χ0n) is 30.5. The molecule has 4 aromatic rings. The van der Waals surface area contributed by atoms with Crippen molar-refractivity contribution in [3.63, 3.8) is 0 Å². The van der Waals surface area contributed by atoms with E-state index in [0.717, 1.165) is 11.1 Å². The van der Waals surface area contributed by atoms with Gasteiger partial charge in [-0.15, -0.1) is 0 Å². The highest BCUT2D eigenvalue weighted by Gasteiger charge is 2.66. The molecule has 3 aromatic carbocycles. The number of carbonyl (C=O) groups is 3. The van der Waals surface area contributed by atoms with E-state index in [1.54, 1.807) is 46.3 Å². The topological polar surface area (TPSA) is 152 Å². The number of unbranched alkanes of at least 4 members (excludes halogenated alkanes) is 1. The fraction of sp³-hybridized carbons (Fsp3) is 0.425. The number of fused-ring (bicyclic) bond motifs is 4. The van der Waals surface area contributed by atoms with Gasteiger partial charge in [0, 0.05) is 41.9 Å². The molecule has 1 saturated heterocycles. The molecule has 13 heteroatoms. The zero-order chi connectivity index (χ0) is 37.7. The van der Waals surface area contributed by atoms with Crippen LogP contribution in [0.4, 0.5) is 5.69 Å². The van der Waals surface area contributed by atoms with E-state index in [1.807, 2.05) is 56.4 Å². The normalized spacial score (nSPS) is 23.8. The number of aromatic nitrogens is 2. The number of hydrogen-bond donors (Lipinski definition) is 2. The molecule has 0 aliphatic carbocycles. The van der Waals surface area contributed by atoms with Crippen LogP contribution in [-0.4, -0.2) is 83.1 Å². The minimum absolute atomic E-state index is 0.0838. The van der Waals surface area contributed by atoms with Gasteiger partial charge in [0.2, 0.25) is 5.91 Å². The van der Waals surface area contributed by atoms with Gasteiger partial charge in [-0.2, -0.15) is 9.78 Å². The van der Waals surface area contributed by atoms with Crippen LogP contribution in [0.2, 0.25) is 18.6 Å². The fourth-order valence-electron chi connectivity index (χ4n) is 8.87. The number of anilines is 1. The third-order valence-corrected chi connectivity index (χ3v) is 13.9. The highest BCUT2D eigenvalue weighted by Crippen LogP contribution is 2.60. The van der Waals surface area contributed by atoms with Crippen molar-refractivity contribution < 1.29 is 33.8 Å². The Morgan fingerprint density at radius 3 is 2.51 bits per heavy atom. The summed E-state index contributed by atoms with van der Waals surface area (Å²) in [4.78, 5) is 69.9. The molecule has 1 fully saturated rings. The van der Waals surface area contributed by atoms with Crippen LogP contribution in [0.1, 0.15) is 49.3 Å². The van der Waals surface area contributed by atoms with Gasteiger partial charge in [-0.05, 0) is 67.7 Å². The number of benzene rings is 3. The molecule has 2 amide bonds. The second-order valence-corrected chi connectivity index (χ2v) is 19.0. The number of rotatable bonds is 10. The number of aliphatic hydroxyl groups is 1. The Bertz CT molecular complexity index is 2130. The number of aliphatic hydroxyl groups excluding tert-OH is 1. The molecule has 5 atom stereocenters. The molecule has 278 valence electrons. The summed E-state index contributed by atoms with van der Waals surface area (Å²) in [6.07, 6.45) is 2.50. The van der Waals surface area contributed by atoms with Crippen LogP contribution >= 0.6 is 0 Å². The molecule has 4 heterocycles. The predicted molar refractivity (Wildman–Crippen MR) is 201 cm³/mol. The molecule has 53 heavy (non-hydrogen) atoms. The second-order valence-electron chi connectivity index (χ2n) is 15.0. The van der Waals surface area contributed by atoms with Gasteiger partial charge in [0.1, 0.15) is 0 Å². The highest BCUT2D eigenvalue weighted by atomic mass is 28.4. The van der Waals surface area contributed by atoms with E-state index in [-0.39, 0.29) is 42.8 Å². The van der Waals surface area contributed by atoms with Gasteiger partial charge in [-0.3, -0.25) is 19.2 Å². The minimum Gasteiger partial charge on any atom is -0.469 e. The van der Waals surface area contributed by atoms with E-state index >= 15 is 0 Å². The van der Waals surface area contributed by atoms with Crippen LogP contribution in [0.25, 0.3) is 16.5 Å². The summed E-state index contributed by atoms with van der Waals surface area (Å²) in [6, 6.07) is 20.0. The number of carbonyl (C=O) groups excluding carboxylic acids is 3. The molecular weight excluding hydrogens is 693 g/mol. The first-order valence-corrected chi connectivity index (χ1v) is 21.3. The molecule has 0 bridgehead atoms. The van der Waals surface area contributed by atoms with Crippen molar-refractivity contribution in [1.29, 1.82) is 0 Å². The standard InChI is InChI=1S/C40H46N4O8Si/c1-25-37(53(3,4)50)34(21-35(46)43-23-28-13-6-5-11-26(28)19-30(43)24-45)52-40(25)32-20-29(44-38(48)31-14-8-7-12-27(31)22-41-44)16-17-33(32)42(39(40)49)18-10-9-15-36(47)51-2/h5-8,11-14,16-17,20,22,25,30,34,37,45,50H,9-10,15,18-19,21,23-24H2,1-4H3/t25-,30-,34+,37-,40+/m0/s1. The van der Waals surface area contributed by atoms with Crippen molar-refractivity contribution in [1.82, 2.24) is 14.7 Å². The lowest BCUT2D eigenvalue weighted by molar-refractivity contribution is -0.151. The third kappa shape index (κ3) is 6.39. The smallest absolute Gasteiger partial charge is 0.305 e. The number of amides is 2. The van der Waals surface area contributed by atoms with Gasteiger partial charge in [-0.25, -0.2) is 0 Å². The molecule has 0 radical (unpaired) electrons. The molecule has 1 aromatic heterocycles. The fourth-order valence-corrected chi connectivity index (χ4v) is 11.4. The minimum atomic E-state index is -3.12. The quantitative estimate of drug-likeness (QED) is 0.139. The van der Waals surface area contributed by atoms with Gasteiger partial charge in [0.25, 0.3) is 11.5 Å². The van der Waals surface area contributed by atoms with Crippen LogP contribution in [-0.2, 0) is 42.4 Å². The largest absolute Gasteiger partial charge is 0.469 e. The van der Waals surface area contributed by atoms with Crippen LogP contribution < -0.4 is 10.5 Å². The maximum absolute atomic E-state index is 14.9. The van der Waals surface area contributed by atoms with Crippen molar-refractivity contribution >= 4 is 42.6 Å². The number of hydrogen-bond acceptors (Lipinski definition) is 9. The van der Waals surface area contributed by atoms with Gasteiger partial charge < -0.3 is 29.2 Å². The Balaban J connectivity index is 1.28. The highest BCUT2D eigenvalue weighted by molar-refractivity contribution is 6.71. The lowest BCUT2D eigenvalue weighted by Crippen LogP contribution is -2.48. The van der Waals surface area contributed by atoms with Crippen molar-refractivity contribution in [3.8, 4) is 5.69 Å². The van der Waals surface area contributed by atoms with Crippen LogP contribution in [0.5, 0.6) is 0 Å². The maximum atomic E-state index is 14.9. The molecule has 12 nitrogen and oxygen atoms in total. The third-order valence-electron chi connectivity index (χ3n) is 11.4. The van der Waals surface area contributed by atoms with E-state index in [4.69, 9.17) is 9.47 Å². The molecular formula is C40H46N4O8Si. The zero-order valence-corrected chi connectivity index (χ0v) is 31.5. The Kier molecular flexibility index (Phi) is 9.87. The molecule has 1 spiro atoms. The molecule has 3 aliphatic rings.